The molecule has 98 valence electrons. The summed E-state index contributed by atoms with van der Waals surface area (Å²) in [7, 11) is 1.72. The third-order valence-corrected chi connectivity index (χ3v) is 2.61. The SMILES string of the molecule is CCCNC(COCCCOC)C(C)(C)C. The van der Waals surface area contributed by atoms with Crippen LogP contribution in [0.3, 0.4) is 0 Å². The molecule has 0 spiro atoms. The molecular formula is C13H29NO2. The number of methoxy groups -OCH3 is 1. The molecule has 0 bridgehead atoms. The van der Waals surface area contributed by atoms with E-state index in [0.29, 0.717) is 6.04 Å². The fourth-order valence-electron chi connectivity index (χ4n) is 1.44. The van der Waals surface area contributed by atoms with Crippen LogP contribution in [0.15, 0.2) is 0 Å². The maximum absolute atomic E-state index is 5.68. The molecule has 0 fully saturated rings. The van der Waals surface area contributed by atoms with E-state index >= 15 is 0 Å². The quantitative estimate of drug-likeness (QED) is 0.618. The lowest BCUT2D eigenvalue weighted by molar-refractivity contribution is 0.0615. The minimum atomic E-state index is 0.246. The van der Waals surface area contributed by atoms with E-state index in [9.17, 15) is 0 Å². The highest BCUT2D eigenvalue weighted by molar-refractivity contribution is 4.79. The van der Waals surface area contributed by atoms with Gasteiger partial charge in [-0.1, -0.05) is 27.7 Å². The molecule has 1 N–H and O–H groups in total. The van der Waals surface area contributed by atoms with Crippen LogP contribution in [0.2, 0.25) is 0 Å². The fraction of sp³-hybridized carbons (Fsp3) is 1.00. The van der Waals surface area contributed by atoms with Crippen molar-refractivity contribution in [1.82, 2.24) is 5.32 Å². The lowest BCUT2D eigenvalue weighted by atomic mass is 9.87. The number of rotatable bonds is 9. The summed E-state index contributed by atoms with van der Waals surface area (Å²) in [5.41, 5.74) is 0.246. The van der Waals surface area contributed by atoms with Gasteiger partial charge in [0.25, 0.3) is 0 Å². The van der Waals surface area contributed by atoms with Gasteiger partial charge in [-0.2, -0.15) is 0 Å². The van der Waals surface area contributed by atoms with Crippen LogP contribution in [0.25, 0.3) is 0 Å². The predicted octanol–water partition coefficient (Wildman–Crippen LogP) is 2.45. The summed E-state index contributed by atoms with van der Waals surface area (Å²) in [5.74, 6) is 0. The molecule has 0 aromatic carbocycles. The molecule has 0 aliphatic heterocycles. The average molecular weight is 231 g/mol. The molecule has 3 heteroatoms. The lowest BCUT2D eigenvalue weighted by Gasteiger charge is -2.31. The second-order valence-electron chi connectivity index (χ2n) is 5.29. The Balaban J connectivity index is 3.75. The van der Waals surface area contributed by atoms with Crippen molar-refractivity contribution in [3.8, 4) is 0 Å². The predicted molar refractivity (Wildman–Crippen MR) is 68.8 cm³/mol. The van der Waals surface area contributed by atoms with Gasteiger partial charge in [-0.15, -0.1) is 0 Å². The van der Waals surface area contributed by atoms with Gasteiger partial charge in [-0.25, -0.2) is 0 Å². The minimum Gasteiger partial charge on any atom is -0.385 e. The van der Waals surface area contributed by atoms with E-state index in [0.717, 1.165) is 39.2 Å². The third-order valence-electron chi connectivity index (χ3n) is 2.61. The third kappa shape index (κ3) is 8.08. The molecule has 16 heavy (non-hydrogen) atoms. The highest BCUT2D eigenvalue weighted by atomic mass is 16.5. The van der Waals surface area contributed by atoms with Gasteiger partial charge in [0, 0.05) is 26.4 Å². The number of hydrogen-bond acceptors (Lipinski definition) is 3. The Labute approximate surface area is 101 Å². The first kappa shape index (κ1) is 15.9. The van der Waals surface area contributed by atoms with Crippen molar-refractivity contribution in [2.24, 2.45) is 5.41 Å². The first-order valence-electron chi connectivity index (χ1n) is 6.32. The van der Waals surface area contributed by atoms with Gasteiger partial charge < -0.3 is 14.8 Å². The first-order valence-corrected chi connectivity index (χ1v) is 6.32. The van der Waals surface area contributed by atoms with Gasteiger partial charge in [-0.05, 0) is 24.8 Å². The van der Waals surface area contributed by atoms with Gasteiger partial charge in [0.15, 0.2) is 0 Å². The van der Waals surface area contributed by atoms with Crippen LogP contribution in [0.5, 0.6) is 0 Å². The standard InChI is InChI=1S/C13H29NO2/c1-6-8-14-12(13(2,3)4)11-16-10-7-9-15-5/h12,14H,6-11H2,1-5H3. The van der Waals surface area contributed by atoms with Gasteiger partial charge in [-0.3, -0.25) is 0 Å². The van der Waals surface area contributed by atoms with Gasteiger partial charge in [0.1, 0.15) is 0 Å². The Kier molecular flexibility index (Phi) is 8.90. The summed E-state index contributed by atoms with van der Waals surface area (Å²) in [6.45, 7) is 12.3. The van der Waals surface area contributed by atoms with E-state index in [2.05, 4.69) is 33.0 Å². The highest BCUT2D eigenvalue weighted by Crippen LogP contribution is 2.19. The van der Waals surface area contributed by atoms with E-state index in [1.807, 2.05) is 0 Å². The summed E-state index contributed by atoms with van der Waals surface area (Å²) >= 11 is 0. The lowest BCUT2D eigenvalue weighted by Crippen LogP contribution is -2.44. The van der Waals surface area contributed by atoms with Crippen LogP contribution >= 0.6 is 0 Å². The minimum absolute atomic E-state index is 0.246. The zero-order valence-corrected chi connectivity index (χ0v) is 11.6. The Morgan fingerprint density at radius 2 is 1.88 bits per heavy atom. The maximum atomic E-state index is 5.68. The second kappa shape index (κ2) is 8.97. The number of nitrogens with one attached hydrogen (secondary N) is 1. The van der Waals surface area contributed by atoms with Crippen LogP contribution in [-0.2, 0) is 9.47 Å². The zero-order chi connectivity index (χ0) is 12.4. The Bertz CT molecular complexity index is 155. The van der Waals surface area contributed by atoms with Gasteiger partial charge in [0.2, 0.25) is 0 Å². The molecule has 3 nitrogen and oxygen atoms in total. The highest BCUT2D eigenvalue weighted by Gasteiger charge is 2.23. The topological polar surface area (TPSA) is 30.5 Å². The number of hydrogen-bond donors (Lipinski definition) is 1. The monoisotopic (exact) mass is 231 g/mol. The molecule has 0 saturated carbocycles. The van der Waals surface area contributed by atoms with E-state index in [-0.39, 0.29) is 5.41 Å². The van der Waals surface area contributed by atoms with Crippen molar-refractivity contribution in [1.29, 1.82) is 0 Å². The molecule has 0 aliphatic carbocycles. The van der Waals surface area contributed by atoms with Crippen molar-refractivity contribution >= 4 is 0 Å². The summed E-state index contributed by atoms with van der Waals surface area (Å²) in [4.78, 5) is 0. The molecule has 0 aliphatic rings. The Morgan fingerprint density at radius 3 is 2.38 bits per heavy atom. The summed E-state index contributed by atoms with van der Waals surface area (Å²) < 4.78 is 10.7. The fourth-order valence-corrected chi connectivity index (χ4v) is 1.44. The largest absolute Gasteiger partial charge is 0.385 e. The molecule has 1 atom stereocenters. The van der Waals surface area contributed by atoms with Crippen molar-refractivity contribution in [3.63, 3.8) is 0 Å². The van der Waals surface area contributed by atoms with Crippen LogP contribution in [0, 0.1) is 5.41 Å². The average Bonchev–Trinajstić information content (AvgIpc) is 2.20. The van der Waals surface area contributed by atoms with E-state index in [1.54, 1.807) is 7.11 Å². The van der Waals surface area contributed by atoms with Gasteiger partial charge in [0.05, 0.1) is 6.61 Å². The Morgan fingerprint density at radius 1 is 1.19 bits per heavy atom. The van der Waals surface area contributed by atoms with Crippen molar-refractivity contribution in [3.05, 3.63) is 0 Å². The first-order chi connectivity index (χ1) is 7.52. The Hall–Kier alpha value is -0.120. The van der Waals surface area contributed by atoms with Crippen molar-refractivity contribution in [2.45, 2.75) is 46.6 Å². The molecule has 0 aromatic heterocycles. The van der Waals surface area contributed by atoms with E-state index < -0.39 is 0 Å². The molecule has 1 unspecified atom stereocenters. The van der Waals surface area contributed by atoms with Crippen LogP contribution in [0.4, 0.5) is 0 Å². The van der Waals surface area contributed by atoms with Crippen LogP contribution in [-0.4, -0.2) is 39.5 Å². The molecule has 0 rings (SSSR count). The second-order valence-corrected chi connectivity index (χ2v) is 5.29. The molecular weight excluding hydrogens is 202 g/mol. The van der Waals surface area contributed by atoms with E-state index in [4.69, 9.17) is 9.47 Å². The molecule has 0 aromatic rings. The summed E-state index contributed by atoms with van der Waals surface area (Å²) in [6, 6.07) is 0.426. The maximum Gasteiger partial charge on any atom is 0.0624 e. The van der Waals surface area contributed by atoms with Crippen LogP contribution in [0.1, 0.15) is 40.5 Å². The molecule has 0 heterocycles. The zero-order valence-electron chi connectivity index (χ0n) is 11.6. The molecule has 0 radical (unpaired) electrons. The smallest absolute Gasteiger partial charge is 0.0624 e. The molecule has 0 amide bonds. The van der Waals surface area contributed by atoms with E-state index in [1.165, 1.54) is 0 Å². The van der Waals surface area contributed by atoms with Crippen molar-refractivity contribution < 1.29 is 9.47 Å². The summed E-state index contributed by atoms with van der Waals surface area (Å²) in [5, 5.41) is 3.54. The summed E-state index contributed by atoms with van der Waals surface area (Å²) in [6.07, 6.45) is 2.14. The van der Waals surface area contributed by atoms with Crippen molar-refractivity contribution in [2.75, 3.05) is 33.5 Å². The normalized spacial score (nSPS) is 14.1. The molecule has 0 saturated heterocycles. The number of ether oxygens (including phenoxy) is 2. The van der Waals surface area contributed by atoms with Gasteiger partial charge >= 0.3 is 0 Å². The van der Waals surface area contributed by atoms with Crippen LogP contribution < -0.4 is 5.32 Å².